The van der Waals surface area contributed by atoms with Crippen molar-refractivity contribution in [3.8, 4) is 0 Å². The topological polar surface area (TPSA) is 29.3 Å². The van der Waals surface area contributed by atoms with Crippen molar-refractivity contribution in [3.05, 3.63) is 34.1 Å². The first-order chi connectivity index (χ1) is 8.43. The van der Waals surface area contributed by atoms with E-state index < -0.39 is 0 Å². The molecular weight excluding hydrogens is 295 g/mol. The molecule has 18 heavy (non-hydrogen) atoms. The molecule has 1 atom stereocenters. The summed E-state index contributed by atoms with van der Waals surface area (Å²) in [4.78, 5) is 2.36. The number of halogens is 2. The van der Waals surface area contributed by atoms with Crippen molar-refractivity contribution in [2.45, 2.75) is 26.3 Å². The van der Waals surface area contributed by atoms with Gasteiger partial charge in [0.25, 0.3) is 0 Å². The Hall–Kier alpha value is -0.450. The summed E-state index contributed by atoms with van der Waals surface area (Å²) >= 11 is 3.50. The van der Waals surface area contributed by atoms with Crippen LogP contribution in [0.4, 0.5) is 4.39 Å². The fourth-order valence-electron chi connectivity index (χ4n) is 2.66. The van der Waals surface area contributed by atoms with Gasteiger partial charge >= 0.3 is 0 Å². The molecule has 1 aromatic rings. The van der Waals surface area contributed by atoms with Crippen LogP contribution in [0.5, 0.6) is 0 Å². The van der Waals surface area contributed by atoms with E-state index in [2.05, 4.69) is 34.7 Å². The van der Waals surface area contributed by atoms with Gasteiger partial charge in [-0.2, -0.15) is 0 Å². The highest BCUT2D eigenvalue weighted by atomic mass is 79.9. The molecule has 1 unspecified atom stereocenters. The minimum atomic E-state index is -0.204. The number of rotatable bonds is 3. The number of hydrogen-bond acceptors (Lipinski definition) is 2. The molecule has 4 heteroatoms. The molecule has 1 fully saturated rings. The summed E-state index contributed by atoms with van der Waals surface area (Å²) < 4.78 is 14.3. The van der Waals surface area contributed by atoms with Crippen LogP contribution >= 0.6 is 15.9 Å². The number of nitrogens with two attached hydrogens (primary N) is 1. The summed E-state index contributed by atoms with van der Waals surface area (Å²) in [7, 11) is 0. The van der Waals surface area contributed by atoms with Gasteiger partial charge in [-0.3, -0.25) is 4.90 Å². The van der Waals surface area contributed by atoms with Crippen LogP contribution in [-0.4, -0.2) is 24.5 Å². The lowest BCUT2D eigenvalue weighted by atomic mass is 9.93. The van der Waals surface area contributed by atoms with Crippen LogP contribution in [0.2, 0.25) is 0 Å². The number of likely N-dealkylation sites (tertiary alicyclic amines) is 1. The fraction of sp³-hybridized carbons (Fsp3) is 0.571. The Kier molecular flexibility index (Phi) is 4.09. The van der Waals surface area contributed by atoms with Gasteiger partial charge in [0.05, 0.1) is 0 Å². The summed E-state index contributed by atoms with van der Waals surface area (Å²) in [6.07, 6.45) is 1.16. The highest BCUT2D eigenvalue weighted by Gasteiger charge is 2.34. The van der Waals surface area contributed by atoms with Gasteiger partial charge in [0.1, 0.15) is 5.82 Å². The van der Waals surface area contributed by atoms with Crippen LogP contribution in [0.1, 0.15) is 31.9 Å². The molecule has 1 heterocycles. The average Bonchev–Trinajstić information content (AvgIpc) is 2.65. The Balaban J connectivity index is 2.26. The lowest BCUT2D eigenvalue weighted by Crippen LogP contribution is -2.33. The molecule has 1 saturated heterocycles. The number of nitrogens with zero attached hydrogens (tertiary/aromatic N) is 1. The molecule has 1 aliphatic heterocycles. The molecule has 0 spiro atoms. The summed E-state index contributed by atoms with van der Waals surface area (Å²) in [6.45, 7) is 7.08. The summed E-state index contributed by atoms with van der Waals surface area (Å²) in [6, 6.07) is 4.91. The maximum atomic E-state index is 13.4. The van der Waals surface area contributed by atoms with E-state index in [9.17, 15) is 4.39 Å². The van der Waals surface area contributed by atoms with E-state index in [0.717, 1.165) is 29.5 Å². The predicted octanol–water partition coefficient (Wildman–Crippen LogP) is 3.32. The van der Waals surface area contributed by atoms with Gasteiger partial charge in [-0.15, -0.1) is 0 Å². The number of hydrogen-bond donors (Lipinski definition) is 1. The van der Waals surface area contributed by atoms with Crippen LogP contribution in [0, 0.1) is 11.2 Å². The van der Waals surface area contributed by atoms with Gasteiger partial charge in [-0.25, -0.2) is 4.39 Å². The second-order valence-electron chi connectivity index (χ2n) is 5.80. The monoisotopic (exact) mass is 314 g/mol. The average molecular weight is 315 g/mol. The standard InChI is InChI=1S/C14H20BrFN2/c1-14(2)5-6-18(9-14)13(8-17)11-7-10(16)3-4-12(11)15/h3-4,7,13H,5-6,8-9,17H2,1-2H3. The van der Waals surface area contributed by atoms with E-state index in [0.29, 0.717) is 12.0 Å². The van der Waals surface area contributed by atoms with Crippen LogP contribution in [-0.2, 0) is 0 Å². The van der Waals surface area contributed by atoms with Gasteiger partial charge < -0.3 is 5.73 Å². The Morgan fingerprint density at radius 1 is 1.50 bits per heavy atom. The molecule has 1 aromatic carbocycles. The zero-order valence-corrected chi connectivity index (χ0v) is 12.5. The lowest BCUT2D eigenvalue weighted by molar-refractivity contribution is 0.222. The smallest absolute Gasteiger partial charge is 0.123 e. The van der Waals surface area contributed by atoms with Crippen LogP contribution < -0.4 is 5.73 Å². The van der Waals surface area contributed by atoms with E-state index in [4.69, 9.17) is 5.73 Å². The maximum Gasteiger partial charge on any atom is 0.123 e. The van der Waals surface area contributed by atoms with E-state index in [1.165, 1.54) is 6.07 Å². The minimum Gasteiger partial charge on any atom is -0.329 e. The van der Waals surface area contributed by atoms with Gasteiger partial charge in [0.15, 0.2) is 0 Å². The normalized spacial score (nSPS) is 21.2. The van der Waals surface area contributed by atoms with E-state index in [-0.39, 0.29) is 11.9 Å². The number of benzene rings is 1. The molecule has 0 radical (unpaired) electrons. The zero-order valence-electron chi connectivity index (χ0n) is 10.9. The highest BCUT2D eigenvalue weighted by molar-refractivity contribution is 9.10. The van der Waals surface area contributed by atoms with Gasteiger partial charge in [-0.05, 0) is 42.1 Å². The molecule has 100 valence electrons. The summed E-state index contributed by atoms with van der Waals surface area (Å²) in [5, 5.41) is 0. The van der Waals surface area contributed by atoms with Crippen molar-refractivity contribution in [1.82, 2.24) is 4.90 Å². The molecule has 2 N–H and O–H groups in total. The second kappa shape index (κ2) is 5.27. The molecule has 0 aromatic heterocycles. The molecule has 0 aliphatic carbocycles. The third-order valence-electron chi connectivity index (χ3n) is 3.69. The van der Waals surface area contributed by atoms with Crippen molar-refractivity contribution >= 4 is 15.9 Å². The third kappa shape index (κ3) is 2.92. The first-order valence-electron chi connectivity index (χ1n) is 6.32. The van der Waals surface area contributed by atoms with Crippen molar-refractivity contribution in [1.29, 1.82) is 0 Å². The summed E-state index contributed by atoms with van der Waals surface area (Å²) in [5.74, 6) is -0.204. The van der Waals surface area contributed by atoms with Crippen molar-refractivity contribution < 1.29 is 4.39 Å². The third-order valence-corrected chi connectivity index (χ3v) is 4.41. The first kappa shape index (κ1) is 14.0. The molecule has 1 aliphatic rings. The quantitative estimate of drug-likeness (QED) is 0.927. The molecule has 2 nitrogen and oxygen atoms in total. The second-order valence-corrected chi connectivity index (χ2v) is 6.66. The Bertz CT molecular complexity index is 434. The Morgan fingerprint density at radius 2 is 2.22 bits per heavy atom. The van der Waals surface area contributed by atoms with Gasteiger partial charge in [0.2, 0.25) is 0 Å². The molecular formula is C14H20BrFN2. The molecule has 2 rings (SSSR count). The molecule has 0 amide bonds. The van der Waals surface area contributed by atoms with Crippen molar-refractivity contribution in [2.75, 3.05) is 19.6 Å². The van der Waals surface area contributed by atoms with E-state index in [1.54, 1.807) is 12.1 Å². The van der Waals surface area contributed by atoms with Crippen LogP contribution in [0.25, 0.3) is 0 Å². The maximum absolute atomic E-state index is 13.4. The SMILES string of the molecule is CC1(C)CCN(C(CN)c2cc(F)ccc2Br)C1. The zero-order chi connectivity index (χ0) is 13.3. The molecule has 0 saturated carbocycles. The van der Waals surface area contributed by atoms with Crippen molar-refractivity contribution in [3.63, 3.8) is 0 Å². The van der Waals surface area contributed by atoms with Gasteiger partial charge in [0, 0.05) is 23.6 Å². The minimum absolute atomic E-state index is 0.0943. The predicted molar refractivity (Wildman–Crippen MR) is 75.9 cm³/mol. The van der Waals surface area contributed by atoms with Gasteiger partial charge in [-0.1, -0.05) is 29.8 Å². The fourth-order valence-corrected chi connectivity index (χ4v) is 3.17. The lowest BCUT2D eigenvalue weighted by Gasteiger charge is -2.29. The van der Waals surface area contributed by atoms with Crippen LogP contribution in [0.15, 0.2) is 22.7 Å². The highest BCUT2D eigenvalue weighted by Crippen LogP contribution is 2.36. The first-order valence-corrected chi connectivity index (χ1v) is 7.11. The van der Waals surface area contributed by atoms with Crippen molar-refractivity contribution in [2.24, 2.45) is 11.1 Å². The Morgan fingerprint density at radius 3 is 2.78 bits per heavy atom. The largest absolute Gasteiger partial charge is 0.329 e. The van der Waals surface area contributed by atoms with Crippen LogP contribution in [0.3, 0.4) is 0 Å². The van der Waals surface area contributed by atoms with E-state index >= 15 is 0 Å². The summed E-state index contributed by atoms with van der Waals surface area (Å²) in [5.41, 5.74) is 7.19. The molecule has 0 bridgehead atoms. The van der Waals surface area contributed by atoms with E-state index in [1.807, 2.05) is 0 Å². The Labute approximate surface area is 116 Å².